The number of carbonyl (C=O) groups is 1. The molecule has 0 atom stereocenters. The van der Waals surface area contributed by atoms with Crippen molar-refractivity contribution in [1.82, 2.24) is 14.5 Å². The first-order chi connectivity index (χ1) is 8.59. The van der Waals surface area contributed by atoms with E-state index in [1.807, 2.05) is 0 Å². The number of imidazole rings is 1. The van der Waals surface area contributed by atoms with Crippen molar-refractivity contribution >= 4 is 17.5 Å². The van der Waals surface area contributed by atoms with Crippen LogP contribution in [-0.4, -0.2) is 27.4 Å². The molecule has 0 fully saturated rings. The highest BCUT2D eigenvalue weighted by molar-refractivity contribution is 6.34. The first-order valence-corrected chi connectivity index (χ1v) is 5.72. The Morgan fingerprint density at radius 2 is 2.22 bits per heavy atom. The molecular weight excluding hydrogens is 257 g/mol. The van der Waals surface area contributed by atoms with Gasteiger partial charge < -0.3 is 9.47 Å². The molecule has 0 saturated heterocycles. The number of hydrogen-bond acceptors (Lipinski definition) is 2. The van der Waals surface area contributed by atoms with E-state index in [4.69, 9.17) is 11.6 Å². The molecule has 1 aliphatic rings. The summed E-state index contributed by atoms with van der Waals surface area (Å²) in [5.41, 5.74) is 1.59. The molecule has 18 heavy (non-hydrogen) atoms. The predicted molar refractivity (Wildman–Crippen MR) is 64.3 cm³/mol. The van der Waals surface area contributed by atoms with Crippen LogP contribution < -0.4 is 0 Å². The zero-order valence-corrected chi connectivity index (χ0v) is 10.3. The van der Waals surface area contributed by atoms with Crippen LogP contribution in [0.2, 0.25) is 5.02 Å². The van der Waals surface area contributed by atoms with E-state index in [1.54, 1.807) is 30.2 Å². The van der Waals surface area contributed by atoms with Crippen LogP contribution in [0.4, 0.5) is 4.39 Å². The average molecular weight is 266 g/mol. The summed E-state index contributed by atoms with van der Waals surface area (Å²) in [7, 11) is 1.65. The summed E-state index contributed by atoms with van der Waals surface area (Å²) in [5.74, 6) is -0.890. The molecular formula is C12H9ClFN3O. The van der Waals surface area contributed by atoms with E-state index in [0.29, 0.717) is 12.2 Å². The Morgan fingerprint density at radius 3 is 3.00 bits per heavy atom. The van der Waals surface area contributed by atoms with Crippen LogP contribution in [0.25, 0.3) is 5.69 Å². The van der Waals surface area contributed by atoms with Gasteiger partial charge in [-0.25, -0.2) is 9.37 Å². The van der Waals surface area contributed by atoms with Gasteiger partial charge in [0.15, 0.2) is 0 Å². The fraction of sp³-hybridized carbons (Fsp3) is 0.167. The fourth-order valence-corrected chi connectivity index (χ4v) is 2.35. The van der Waals surface area contributed by atoms with Gasteiger partial charge in [0.25, 0.3) is 5.91 Å². The minimum atomic E-state index is -0.597. The van der Waals surface area contributed by atoms with E-state index in [-0.39, 0.29) is 16.5 Å². The Kier molecular flexibility index (Phi) is 2.38. The maximum Gasteiger partial charge on any atom is 0.257 e. The van der Waals surface area contributed by atoms with Crippen molar-refractivity contribution in [3.05, 3.63) is 46.8 Å². The SMILES string of the molecule is CN1Cc2cncn2-c2ccc(F)c(Cl)c2C1=O. The van der Waals surface area contributed by atoms with Gasteiger partial charge >= 0.3 is 0 Å². The summed E-state index contributed by atoms with van der Waals surface area (Å²) in [5, 5.41) is -0.147. The van der Waals surface area contributed by atoms with Crippen molar-refractivity contribution < 1.29 is 9.18 Å². The minimum absolute atomic E-state index is 0.147. The largest absolute Gasteiger partial charge is 0.336 e. The molecule has 0 N–H and O–H groups in total. The number of fused-ring (bicyclic) bond motifs is 3. The third-order valence-corrected chi connectivity index (χ3v) is 3.38. The van der Waals surface area contributed by atoms with Gasteiger partial charge in [0.2, 0.25) is 0 Å². The van der Waals surface area contributed by atoms with Crippen molar-refractivity contribution in [2.45, 2.75) is 6.54 Å². The summed E-state index contributed by atoms with van der Waals surface area (Å²) >= 11 is 5.92. The summed E-state index contributed by atoms with van der Waals surface area (Å²) in [4.78, 5) is 17.8. The molecule has 3 rings (SSSR count). The first kappa shape index (κ1) is 11.2. The van der Waals surface area contributed by atoms with E-state index < -0.39 is 5.82 Å². The molecule has 1 aliphatic heterocycles. The molecule has 0 spiro atoms. The quantitative estimate of drug-likeness (QED) is 0.733. The molecule has 0 aliphatic carbocycles. The molecule has 1 aromatic carbocycles. The monoisotopic (exact) mass is 265 g/mol. The number of nitrogens with zero attached hydrogens (tertiary/aromatic N) is 3. The molecule has 1 aromatic heterocycles. The molecule has 0 unspecified atom stereocenters. The van der Waals surface area contributed by atoms with E-state index in [0.717, 1.165) is 5.69 Å². The standard InChI is InChI=1S/C12H9ClFN3O/c1-16-5-7-4-15-6-17(7)9-3-2-8(14)11(13)10(9)12(16)18/h2-4,6H,5H2,1H3. The minimum Gasteiger partial charge on any atom is -0.336 e. The fourth-order valence-electron chi connectivity index (χ4n) is 2.11. The lowest BCUT2D eigenvalue weighted by molar-refractivity contribution is 0.0787. The smallest absolute Gasteiger partial charge is 0.257 e. The normalized spacial score (nSPS) is 14.2. The number of halogens is 2. The van der Waals surface area contributed by atoms with Gasteiger partial charge in [-0.15, -0.1) is 0 Å². The highest BCUT2D eigenvalue weighted by Crippen LogP contribution is 2.30. The van der Waals surface area contributed by atoms with E-state index in [2.05, 4.69) is 4.98 Å². The molecule has 4 nitrogen and oxygen atoms in total. The summed E-state index contributed by atoms with van der Waals surface area (Å²) in [6.07, 6.45) is 3.27. The van der Waals surface area contributed by atoms with E-state index >= 15 is 0 Å². The molecule has 92 valence electrons. The first-order valence-electron chi connectivity index (χ1n) is 5.34. The second-order valence-electron chi connectivity index (χ2n) is 4.17. The Hall–Kier alpha value is -1.88. The van der Waals surface area contributed by atoms with Crippen LogP contribution in [0.5, 0.6) is 0 Å². The van der Waals surface area contributed by atoms with Crippen LogP contribution in [0.3, 0.4) is 0 Å². The zero-order valence-electron chi connectivity index (χ0n) is 9.52. The number of amides is 1. The average Bonchev–Trinajstić information content (AvgIpc) is 2.76. The van der Waals surface area contributed by atoms with Gasteiger partial charge in [0.1, 0.15) is 5.82 Å². The Labute approximate surface area is 108 Å². The maximum absolute atomic E-state index is 13.5. The lowest BCUT2D eigenvalue weighted by Gasteiger charge is -2.14. The Bertz CT molecular complexity index is 653. The summed E-state index contributed by atoms with van der Waals surface area (Å²) in [6.45, 7) is 0.408. The highest BCUT2D eigenvalue weighted by atomic mass is 35.5. The van der Waals surface area contributed by atoms with E-state index in [9.17, 15) is 9.18 Å². The van der Waals surface area contributed by atoms with Crippen molar-refractivity contribution in [2.75, 3.05) is 7.05 Å². The maximum atomic E-state index is 13.5. The van der Waals surface area contributed by atoms with Crippen LogP contribution in [0.15, 0.2) is 24.7 Å². The van der Waals surface area contributed by atoms with Gasteiger partial charge in [-0.2, -0.15) is 0 Å². The lowest BCUT2D eigenvalue weighted by atomic mass is 10.1. The van der Waals surface area contributed by atoms with Gasteiger partial charge in [-0.3, -0.25) is 4.79 Å². The third kappa shape index (κ3) is 1.44. The van der Waals surface area contributed by atoms with Crippen LogP contribution in [0.1, 0.15) is 16.1 Å². The number of benzene rings is 1. The van der Waals surface area contributed by atoms with Gasteiger partial charge in [0, 0.05) is 7.05 Å². The topological polar surface area (TPSA) is 38.1 Å². The number of rotatable bonds is 0. The highest BCUT2D eigenvalue weighted by Gasteiger charge is 2.27. The van der Waals surface area contributed by atoms with Crippen molar-refractivity contribution in [3.8, 4) is 5.69 Å². The number of hydrogen-bond donors (Lipinski definition) is 0. The molecule has 0 radical (unpaired) electrons. The predicted octanol–water partition coefficient (Wildman–Crippen LogP) is 2.25. The second-order valence-corrected chi connectivity index (χ2v) is 4.55. The van der Waals surface area contributed by atoms with Gasteiger partial charge in [-0.05, 0) is 12.1 Å². The van der Waals surface area contributed by atoms with Gasteiger partial charge in [-0.1, -0.05) is 11.6 Å². The van der Waals surface area contributed by atoms with Crippen LogP contribution >= 0.6 is 11.6 Å². The van der Waals surface area contributed by atoms with Crippen LogP contribution in [-0.2, 0) is 6.54 Å². The lowest BCUT2D eigenvalue weighted by Crippen LogP contribution is -2.25. The third-order valence-electron chi connectivity index (χ3n) is 3.01. The number of carbonyl (C=O) groups excluding carboxylic acids is 1. The van der Waals surface area contributed by atoms with Crippen molar-refractivity contribution in [1.29, 1.82) is 0 Å². The molecule has 0 bridgehead atoms. The molecule has 2 heterocycles. The molecule has 1 amide bonds. The molecule has 6 heteroatoms. The summed E-state index contributed by atoms with van der Waals surface area (Å²) in [6, 6.07) is 2.79. The van der Waals surface area contributed by atoms with Crippen molar-refractivity contribution in [3.63, 3.8) is 0 Å². The van der Waals surface area contributed by atoms with Crippen LogP contribution in [0, 0.1) is 5.82 Å². The van der Waals surface area contributed by atoms with Gasteiger partial charge in [0.05, 0.1) is 41.0 Å². The van der Waals surface area contributed by atoms with E-state index in [1.165, 1.54) is 11.0 Å². The zero-order chi connectivity index (χ0) is 12.9. The summed E-state index contributed by atoms with van der Waals surface area (Å²) < 4.78 is 15.3. The van der Waals surface area contributed by atoms with Crippen molar-refractivity contribution in [2.24, 2.45) is 0 Å². The molecule has 2 aromatic rings. The Balaban J connectivity index is 2.38. The number of aromatic nitrogens is 2. The second kappa shape index (κ2) is 3.81. The molecule has 0 saturated carbocycles. The Morgan fingerprint density at radius 1 is 1.44 bits per heavy atom.